The molecule has 0 spiro atoms. The van der Waals surface area contributed by atoms with E-state index in [2.05, 4.69) is 45.1 Å². The van der Waals surface area contributed by atoms with Crippen molar-refractivity contribution in [3.8, 4) is 0 Å². The van der Waals surface area contributed by atoms with Crippen molar-refractivity contribution in [2.24, 2.45) is 0 Å². The van der Waals surface area contributed by atoms with Crippen LogP contribution in [0.15, 0.2) is 29.8 Å². The fourth-order valence-corrected chi connectivity index (χ4v) is 3.09. The molecule has 1 heterocycles. The molecular weight excluding hydrogens is 272 g/mol. The number of urea groups is 1. The number of fused-ring (bicyclic) bond motifs is 1. The monoisotopic (exact) mass is 288 g/mol. The molecule has 3 rings (SSSR count). The third-order valence-corrected chi connectivity index (χ3v) is 4.19. The normalized spacial score (nSPS) is 17.3. The van der Waals surface area contributed by atoms with E-state index in [0.717, 1.165) is 12.8 Å². The lowest BCUT2D eigenvalue weighted by Gasteiger charge is -2.25. The SMILES string of the molecule is O=C(NC[C@@H]1CCCc2ccccc21)Nc1nncs1. The maximum absolute atomic E-state index is 11.8. The molecule has 0 aliphatic heterocycles. The zero-order valence-electron chi connectivity index (χ0n) is 11.0. The van der Waals surface area contributed by atoms with Gasteiger partial charge in [-0.2, -0.15) is 0 Å². The second kappa shape index (κ2) is 6.00. The zero-order chi connectivity index (χ0) is 13.8. The summed E-state index contributed by atoms with van der Waals surface area (Å²) < 4.78 is 0. The van der Waals surface area contributed by atoms with Crippen LogP contribution < -0.4 is 10.6 Å². The Balaban J connectivity index is 1.58. The molecule has 1 aliphatic rings. The van der Waals surface area contributed by atoms with Gasteiger partial charge in [0.2, 0.25) is 5.13 Å². The average Bonchev–Trinajstić information content (AvgIpc) is 2.98. The number of aromatic nitrogens is 2. The Hall–Kier alpha value is -1.95. The first-order chi connectivity index (χ1) is 9.83. The van der Waals surface area contributed by atoms with Gasteiger partial charge in [0.25, 0.3) is 0 Å². The van der Waals surface area contributed by atoms with Gasteiger partial charge in [0.05, 0.1) is 0 Å². The minimum atomic E-state index is -0.218. The van der Waals surface area contributed by atoms with Crippen LogP contribution in [0.5, 0.6) is 0 Å². The lowest BCUT2D eigenvalue weighted by molar-refractivity contribution is 0.251. The van der Waals surface area contributed by atoms with Gasteiger partial charge in [-0.3, -0.25) is 5.32 Å². The quantitative estimate of drug-likeness (QED) is 0.912. The summed E-state index contributed by atoms with van der Waals surface area (Å²) in [4.78, 5) is 11.8. The van der Waals surface area contributed by atoms with Gasteiger partial charge in [-0.15, -0.1) is 10.2 Å². The Labute approximate surface area is 121 Å². The van der Waals surface area contributed by atoms with E-state index in [4.69, 9.17) is 0 Å². The molecule has 1 aromatic heterocycles. The van der Waals surface area contributed by atoms with Gasteiger partial charge in [-0.25, -0.2) is 4.79 Å². The van der Waals surface area contributed by atoms with Crippen LogP contribution in [0.3, 0.4) is 0 Å². The summed E-state index contributed by atoms with van der Waals surface area (Å²) in [6, 6.07) is 8.28. The fourth-order valence-electron chi connectivity index (χ4n) is 2.65. The summed E-state index contributed by atoms with van der Waals surface area (Å²) in [6.45, 7) is 0.654. The van der Waals surface area contributed by atoms with Crippen molar-refractivity contribution in [2.75, 3.05) is 11.9 Å². The molecule has 1 aliphatic carbocycles. The summed E-state index contributed by atoms with van der Waals surface area (Å²) in [5, 5.41) is 13.6. The number of carbonyl (C=O) groups excluding carboxylic acids is 1. The van der Waals surface area contributed by atoms with E-state index in [-0.39, 0.29) is 6.03 Å². The van der Waals surface area contributed by atoms with Crippen LogP contribution >= 0.6 is 11.3 Å². The van der Waals surface area contributed by atoms with Crippen LogP contribution in [0.1, 0.15) is 29.9 Å². The summed E-state index contributed by atoms with van der Waals surface area (Å²) in [5.74, 6) is 0.403. The summed E-state index contributed by atoms with van der Waals surface area (Å²) in [6.07, 6.45) is 3.45. The van der Waals surface area contributed by atoms with E-state index in [9.17, 15) is 4.79 Å². The molecule has 2 aromatic rings. The number of anilines is 1. The summed E-state index contributed by atoms with van der Waals surface area (Å²) in [5.41, 5.74) is 4.37. The van der Waals surface area contributed by atoms with E-state index in [1.165, 1.54) is 28.9 Å². The largest absolute Gasteiger partial charge is 0.337 e. The van der Waals surface area contributed by atoms with Gasteiger partial charge in [-0.05, 0) is 30.4 Å². The molecule has 1 atom stereocenters. The van der Waals surface area contributed by atoms with Gasteiger partial charge in [0, 0.05) is 12.5 Å². The first-order valence-electron chi connectivity index (χ1n) is 6.72. The van der Waals surface area contributed by atoms with E-state index in [0.29, 0.717) is 17.6 Å². The predicted molar refractivity (Wildman–Crippen MR) is 79.1 cm³/mol. The zero-order valence-corrected chi connectivity index (χ0v) is 11.8. The van der Waals surface area contributed by atoms with Crippen molar-refractivity contribution >= 4 is 22.5 Å². The Bertz CT molecular complexity index is 585. The van der Waals surface area contributed by atoms with E-state index in [1.807, 2.05) is 0 Å². The van der Waals surface area contributed by atoms with Gasteiger partial charge < -0.3 is 5.32 Å². The van der Waals surface area contributed by atoms with E-state index < -0.39 is 0 Å². The molecule has 2 N–H and O–H groups in total. The number of carbonyl (C=O) groups is 1. The van der Waals surface area contributed by atoms with Gasteiger partial charge >= 0.3 is 6.03 Å². The number of nitrogens with zero attached hydrogens (tertiary/aromatic N) is 2. The van der Waals surface area contributed by atoms with Crippen LogP contribution in [-0.4, -0.2) is 22.8 Å². The maximum Gasteiger partial charge on any atom is 0.321 e. The number of benzene rings is 1. The first kappa shape index (κ1) is 13.1. The smallest absolute Gasteiger partial charge is 0.321 e. The lowest BCUT2D eigenvalue weighted by atomic mass is 9.83. The number of rotatable bonds is 3. The molecule has 0 radical (unpaired) electrons. The number of hydrogen-bond acceptors (Lipinski definition) is 4. The molecule has 20 heavy (non-hydrogen) atoms. The molecule has 0 bridgehead atoms. The topological polar surface area (TPSA) is 66.9 Å². The minimum absolute atomic E-state index is 0.218. The standard InChI is InChI=1S/C14H16N4OS/c19-13(17-14-18-16-9-20-14)15-8-11-6-3-5-10-4-1-2-7-12(10)11/h1-2,4,7,9,11H,3,5-6,8H2,(H2,15,17,18,19)/t11-/m0/s1. The van der Waals surface area contributed by atoms with Crippen molar-refractivity contribution < 1.29 is 4.79 Å². The van der Waals surface area contributed by atoms with Gasteiger partial charge in [0.15, 0.2) is 0 Å². The van der Waals surface area contributed by atoms with Crippen molar-refractivity contribution in [1.29, 1.82) is 0 Å². The Morgan fingerprint density at radius 1 is 1.40 bits per heavy atom. The predicted octanol–water partition coefficient (Wildman–Crippen LogP) is 2.78. The average molecular weight is 288 g/mol. The Morgan fingerprint density at radius 2 is 2.30 bits per heavy atom. The van der Waals surface area contributed by atoms with Crippen molar-refractivity contribution in [1.82, 2.24) is 15.5 Å². The summed E-state index contributed by atoms with van der Waals surface area (Å²) >= 11 is 1.31. The van der Waals surface area contributed by atoms with Crippen molar-refractivity contribution in [3.05, 3.63) is 40.9 Å². The van der Waals surface area contributed by atoms with E-state index in [1.54, 1.807) is 5.51 Å². The molecule has 104 valence electrons. The molecule has 6 heteroatoms. The second-order valence-corrected chi connectivity index (χ2v) is 5.70. The second-order valence-electron chi connectivity index (χ2n) is 4.87. The molecule has 1 aromatic carbocycles. The van der Waals surface area contributed by atoms with Crippen LogP contribution in [-0.2, 0) is 6.42 Å². The maximum atomic E-state index is 11.8. The summed E-state index contributed by atoms with van der Waals surface area (Å²) in [7, 11) is 0. The minimum Gasteiger partial charge on any atom is -0.337 e. The highest BCUT2D eigenvalue weighted by Crippen LogP contribution is 2.30. The third kappa shape index (κ3) is 2.96. The molecule has 0 fully saturated rings. The molecular formula is C14H16N4OS. The van der Waals surface area contributed by atoms with Crippen LogP contribution in [0.2, 0.25) is 0 Å². The van der Waals surface area contributed by atoms with Crippen molar-refractivity contribution in [2.45, 2.75) is 25.2 Å². The Kier molecular flexibility index (Phi) is 3.92. The molecule has 0 unspecified atom stereocenters. The number of amides is 2. The highest BCUT2D eigenvalue weighted by atomic mass is 32.1. The molecule has 2 amide bonds. The third-order valence-electron chi connectivity index (χ3n) is 3.58. The number of aryl methyl sites for hydroxylation is 1. The highest BCUT2D eigenvalue weighted by Gasteiger charge is 2.20. The van der Waals surface area contributed by atoms with E-state index >= 15 is 0 Å². The molecule has 0 saturated carbocycles. The Morgan fingerprint density at radius 3 is 3.15 bits per heavy atom. The molecule has 0 saturated heterocycles. The number of nitrogens with one attached hydrogen (secondary N) is 2. The fraction of sp³-hybridized carbons (Fsp3) is 0.357. The van der Waals surface area contributed by atoms with Gasteiger partial charge in [-0.1, -0.05) is 35.6 Å². The van der Waals surface area contributed by atoms with Gasteiger partial charge in [0.1, 0.15) is 5.51 Å². The number of hydrogen-bond donors (Lipinski definition) is 2. The first-order valence-corrected chi connectivity index (χ1v) is 7.60. The lowest BCUT2D eigenvalue weighted by Crippen LogP contribution is -2.33. The highest BCUT2D eigenvalue weighted by molar-refractivity contribution is 7.13. The van der Waals surface area contributed by atoms with Crippen LogP contribution in [0.4, 0.5) is 9.93 Å². The van der Waals surface area contributed by atoms with Crippen molar-refractivity contribution in [3.63, 3.8) is 0 Å². The van der Waals surface area contributed by atoms with Crippen LogP contribution in [0.25, 0.3) is 0 Å². The van der Waals surface area contributed by atoms with Crippen LogP contribution in [0, 0.1) is 0 Å². The molecule has 5 nitrogen and oxygen atoms in total.